The second-order valence-corrected chi connectivity index (χ2v) is 10.2. The molecule has 0 radical (unpaired) electrons. The predicted octanol–water partition coefficient (Wildman–Crippen LogP) is 4.21. The van der Waals surface area contributed by atoms with Gasteiger partial charge in [-0.15, -0.1) is 0 Å². The molecule has 5 rings (SSSR count). The molecule has 180 valence electrons. The molecule has 1 aliphatic rings. The highest BCUT2D eigenvalue weighted by atomic mass is 32.2. The van der Waals surface area contributed by atoms with Crippen LogP contribution in [0.4, 0.5) is 14.5 Å². The summed E-state index contributed by atoms with van der Waals surface area (Å²) < 4.78 is 57.0. The number of carbonyl (C=O) groups is 1. The number of nitrogens with one attached hydrogen (secondary N) is 1. The first-order valence-electron chi connectivity index (χ1n) is 11.1. The van der Waals surface area contributed by atoms with E-state index in [1.54, 1.807) is 48.7 Å². The molecule has 1 aliphatic heterocycles. The lowest BCUT2D eigenvalue weighted by atomic mass is 10.0. The fraction of sp³-hybridized carbons (Fsp3) is 0.200. The van der Waals surface area contributed by atoms with E-state index in [0.29, 0.717) is 29.7 Å². The number of hydrogen-bond donors (Lipinski definition) is 1. The lowest BCUT2D eigenvalue weighted by Crippen LogP contribution is -2.31. The normalized spacial score (nSPS) is 16.1. The molecule has 7 nitrogen and oxygen atoms in total. The summed E-state index contributed by atoms with van der Waals surface area (Å²) >= 11 is 0. The lowest BCUT2D eigenvalue weighted by molar-refractivity contribution is 0.0983. The zero-order valence-corrected chi connectivity index (χ0v) is 19.4. The van der Waals surface area contributed by atoms with Crippen LogP contribution in [0, 0.1) is 11.6 Å². The molecule has 1 atom stereocenters. The van der Waals surface area contributed by atoms with Crippen molar-refractivity contribution in [2.24, 2.45) is 0 Å². The van der Waals surface area contributed by atoms with Crippen LogP contribution in [0.25, 0.3) is 5.52 Å². The first-order valence-corrected chi connectivity index (χ1v) is 12.7. The highest BCUT2D eigenvalue weighted by Crippen LogP contribution is 2.38. The molecule has 1 fully saturated rings. The number of fused-ring (bicyclic) bond motifs is 1. The van der Waals surface area contributed by atoms with Gasteiger partial charge in [0.2, 0.25) is 10.0 Å². The quantitative estimate of drug-likeness (QED) is 0.432. The molecule has 0 bridgehead atoms. The molecule has 1 N–H and O–H groups in total. The van der Waals surface area contributed by atoms with E-state index in [0.717, 1.165) is 18.6 Å². The summed E-state index contributed by atoms with van der Waals surface area (Å²) in [6, 6.07) is 15.1. The van der Waals surface area contributed by atoms with Crippen molar-refractivity contribution in [2.75, 3.05) is 11.4 Å². The van der Waals surface area contributed by atoms with Gasteiger partial charge in [0.1, 0.15) is 11.6 Å². The maximum absolute atomic E-state index is 14.5. The van der Waals surface area contributed by atoms with Crippen LogP contribution in [0.1, 0.15) is 40.4 Å². The van der Waals surface area contributed by atoms with Gasteiger partial charge in [0.05, 0.1) is 29.1 Å². The molecular weight excluding hydrogens is 474 g/mol. The molecule has 0 saturated carbocycles. The molecule has 1 saturated heterocycles. The third-order valence-corrected chi connectivity index (χ3v) is 7.31. The number of hydrogen-bond acceptors (Lipinski definition) is 5. The highest BCUT2D eigenvalue weighted by Gasteiger charge is 2.29. The predicted molar refractivity (Wildman–Crippen MR) is 127 cm³/mol. The van der Waals surface area contributed by atoms with E-state index in [-0.39, 0.29) is 22.9 Å². The van der Waals surface area contributed by atoms with E-state index in [4.69, 9.17) is 0 Å². The Morgan fingerprint density at radius 3 is 2.69 bits per heavy atom. The Balaban J connectivity index is 1.43. The number of benzene rings is 2. The smallest absolute Gasteiger partial charge is 0.268 e. The van der Waals surface area contributed by atoms with Crippen molar-refractivity contribution in [1.29, 1.82) is 0 Å². The van der Waals surface area contributed by atoms with Crippen molar-refractivity contribution >= 4 is 27.1 Å². The van der Waals surface area contributed by atoms with Crippen molar-refractivity contribution in [3.05, 3.63) is 101 Å². The van der Waals surface area contributed by atoms with Crippen molar-refractivity contribution in [1.82, 2.24) is 14.3 Å². The molecule has 1 amide bonds. The summed E-state index contributed by atoms with van der Waals surface area (Å²) in [5, 5.41) is 4.16. The first-order chi connectivity index (χ1) is 16.8. The highest BCUT2D eigenvalue weighted by molar-refractivity contribution is 7.89. The summed E-state index contributed by atoms with van der Waals surface area (Å²) in [6.45, 7) is 0.623. The van der Waals surface area contributed by atoms with E-state index < -0.39 is 27.6 Å². The second-order valence-electron chi connectivity index (χ2n) is 8.47. The van der Waals surface area contributed by atoms with Gasteiger partial charge in [-0.2, -0.15) is 5.10 Å². The van der Waals surface area contributed by atoms with Gasteiger partial charge >= 0.3 is 0 Å². The van der Waals surface area contributed by atoms with E-state index in [1.165, 1.54) is 16.8 Å². The van der Waals surface area contributed by atoms with E-state index in [2.05, 4.69) is 9.82 Å². The van der Waals surface area contributed by atoms with E-state index >= 15 is 0 Å². The Morgan fingerprint density at radius 1 is 1.09 bits per heavy atom. The monoisotopic (exact) mass is 496 g/mol. The number of aromatic nitrogens is 2. The van der Waals surface area contributed by atoms with Gasteiger partial charge in [0.15, 0.2) is 0 Å². The summed E-state index contributed by atoms with van der Waals surface area (Å²) in [5.74, 6) is -2.10. The minimum atomic E-state index is -3.93. The average molecular weight is 497 g/mol. The Hall–Kier alpha value is -3.79. The number of pyridine rings is 1. The fourth-order valence-corrected chi connectivity index (χ4v) is 5.61. The SMILES string of the molecule is O=C(NS(=O)(=O)Cc1ccccc1)c1cnn2ccc(N3CCCC3c3cc(F)ccc3F)cc12. The van der Waals surface area contributed by atoms with Gasteiger partial charge in [-0.25, -0.2) is 26.4 Å². The summed E-state index contributed by atoms with van der Waals surface area (Å²) in [6.07, 6.45) is 4.39. The van der Waals surface area contributed by atoms with Crippen LogP contribution >= 0.6 is 0 Å². The minimum Gasteiger partial charge on any atom is -0.364 e. The third kappa shape index (κ3) is 4.74. The minimum absolute atomic E-state index is 0.0937. The number of carbonyl (C=O) groups excluding carboxylic acids is 1. The fourth-order valence-electron chi connectivity index (χ4n) is 4.52. The van der Waals surface area contributed by atoms with Crippen LogP contribution in [0.15, 0.2) is 73.1 Å². The van der Waals surface area contributed by atoms with Crippen LogP contribution in [-0.2, 0) is 15.8 Å². The summed E-state index contributed by atoms with van der Waals surface area (Å²) in [7, 11) is -3.93. The molecule has 3 heterocycles. The Morgan fingerprint density at radius 2 is 1.89 bits per heavy atom. The van der Waals surface area contributed by atoms with E-state index in [9.17, 15) is 22.0 Å². The van der Waals surface area contributed by atoms with Crippen molar-refractivity contribution in [3.63, 3.8) is 0 Å². The molecule has 4 aromatic rings. The molecule has 0 aliphatic carbocycles. The molecule has 35 heavy (non-hydrogen) atoms. The van der Waals surface area contributed by atoms with Crippen LogP contribution in [0.2, 0.25) is 0 Å². The zero-order chi connectivity index (χ0) is 24.6. The average Bonchev–Trinajstić information content (AvgIpc) is 3.47. The lowest BCUT2D eigenvalue weighted by Gasteiger charge is -2.27. The Kier molecular flexibility index (Phi) is 5.98. The maximum Gasteiger partial charge on any atom is 0.268 e. The molecule has 2 aromatic heterocycles. The zero-order valence-electron chi connectivity index (χ0n) is 18.6. The van der Waals surface area contributed by atoms with Crippen LogP contribution in [-0.4, -0.2) is 30.5 Å². The molecule has 10 heteroatoms. The van der Waals surface area contributed by atoms with Crippen molar-refractivity contribution < 1.29 is 22.0 Å². The molecule has 2 aromatic carbocycles. The first kappa shape index (κ1) is 23.0. The summed E-state index contributed by atoms with van der Waals surface area (Å²) in [4.78, 5) is 14.8. The van der Waals surface area contributed by atoms with Gasteiger partial charge < -0.3 is 4.90 Å². The standard InChI is InChI=1S/C25H22F2N4O3S/c26-18-8-9-22(27)20(13-18)23-7-4-11-30(23)19-10-12-31-24(14-19)21(15-28-31)25(32)29-35(33,34)16-17-5-2-1-3-6-17/h1-3,5-6,8-10,12-15,23H,4,7,11,16H2,(H,29,32). The Bertz CT molecular complexity index is 1510. The van der Waals surface area contributed by atoms with Gasteiger partial charge in [-0.1, -0.05) is 30.3 Å². The number of halogens is 2. The van der Waals surface area contributed by atoms with Gasteiger partial charge in [0.25, 0.3) is 5.91 Å². The topological polar surface area (TPSA) is 83.8 Å². The van der Waals surface area contributed by atoms with Crippen molar-refractivity contribution in [2.45, 2.75) is 24.6 Å². The maximum atomic E-state index is 14.5. The summed E-state index contributed by atoms with van der Waals surface area (Å²) in [5.41, 5.74) is 2.03. The third-order valence-electron chi connectivity index (χ3n) is 6.10. The number of sulfonamides is 1. The van der Waals surface area contributed by atoms with Crippen LogP contribution < -0.4 is 9.62 Å². The number of anilines is 1. The number of rotatable bonds is 6. The molecule has 0 spiro atoms. The molecule has 1 unspecified atom stereocenters. The second kappa shape index (κ2) is 9.10. The van der Waals surface area contributed by atoms with Crippen LogP contribution in [0.5, 0.6) is 0 Å². The van der Waals surface area contributed by atoms with Crippen LogP contribution in [0.3, 0.4) is 0 Å². The largest absolute Gasteiger partial charge is 0.364 e. The Labute approximate surface area is 201 Å². The molecular formula is C25H22F2N4O3S. The van der Waals surface area contributed by atoms with Crippen molar-refractivity contribution in [3.8, 4) is 0 Å². The van der Waals surface area contributed by atoms with Gasteiger partial charge in [-0.05, 0) is 48.7 Å². The van der Waals surface area contributed by atoms with E-state index in [1.807, 2.05) is 4.90 Å². The number of nitrogens with zero attached hydrogens (tertiary/aromatic N) is 3. The van der Waals surface area contributed by atoms with Gasteiger partial charge in [-0.3, -0.25) is 4.79 Å². The number of amides is 1. The van der Waals surface area contributed by atoms with Gasteiger partial charge in [0, 0.05) is 24.0 Å².